The fourth-order valence-electron chi connectivity index (χ4n) is 15.7. The van der Waals surface area contributed by atoms with Crippen LogP contribution in [-0.4, -0.2) is 0 Å². The maximum atomic E-state index is 2.47. The molecule has 0 unspecified atom stereocenters. The molecule has 0 bridgehead atoms. The first kappa shape index (κ1) is 48.9. The Labute approximate surface area is 507 Å². The van der Waals surface area contributed by atoms with Crippen molar-refractivity contribution in [2.24, 2.45) is 0 Å². The van der Waals surface area contributed by atoms with Crippen LogP contribution < -0.4 is 0 Å². The quantitative estimate of drug-likeness (QED) is 0.105. The Morgan fingerprint density at radius 3 is 0.511 bits per heavy atom. The van der Waals surface area contributed by atoms with Gasteiger partial charge < -0.3 is 0 Å². The first-order chi connectivity index (χ1) is 43.7. The van der Waals surface area contributed by atoms with E-state index in [0.717, 1.165) is 0 Å². The molecule has 0 nitrogen and oxygen atoms in total. The second-order valence-corrected chi connectivity index (χ2v) is 24.0. The number of hydrogen-bond acceptors (Lipinski definition) is 0. The Morgan fingerprint density at radius 2 is 0.295 bits per heavy atom. The van der Waals surface area contributed by atoms with E-state index in [2.05, 4.69) is 315 Å². The molecule has 0 amide bonds. The number of hydrogen-bond donors (Lipinski definition) is 0. The molecule has 17 aromatic rings. The van der Waals surface area contributed by atoms with E-state index in [1.807, 2.05) is 0 Å². The molecule has 0 N–H and O–H groups in total. The molecule has 0 aromatic heterocycles. The van der Waals surface area contributed by atoms with Crippen molar-refractivity contribution in [3.8, 4) is 89.0 Å². The van der Waals surface area contributed by atoms with Gasteiger partial charge in [0.1, 0.15) is 0 Å². The molecular weight excluding hydrogens is 1060 g/mol. The van der Waals surface area contributed by atoms with Crippen LogP contribution in [0.4, 0.5) is 0 Å². The molecule has 0 aliphatic heterocycles. The van der Waals surface area contributed by atoms with Gasteiger partial charge in [-0.05, 0) is 195 Å². The molecule has 0 radical (unpaired) electrons. The zero-order valence-corrected chi connectivity index (χ0v) is 48.0. The van der Waals surface area contributed by atoms with Crippen LogP contribution in [0.15, 0.2) is 315 Å². The third kappa shape index (κ3) is 7.09. The van der Waals surface area contributed by atoms with Crippen molar-refractivity contribution in [3.63, 3.8) is 0 Å². The van der Waals surface area contributed by atoms with Crippen LogP contribution in [0, 0.1) is 41.7 Å². The highest BCUT2D eigenvalue weighted by atomic mass is 14.3. The lowest BCUT2D eigenvalue weighted by molar-refractivity contribution is 1.49. The van der Waals surface area contributed by atoms with Gasteiger partial charge in [-0.1, -0.05) is 315 Å². The molecule has 17 aromatic carbocycles. The summed E-state index contributed by atoms with van der Waals surface area (Å²) >= 11 is 0. The predicted octanol–water partition coefficient (Wildman–Crippen LogP) is 23.2. The van der Waals surface area contributed by atoms with E-state index in [1.54, 1.807) is 0 Å². The summed E-state index contributed by atoms with van der Waals surface area (Å²) in [5.41, 5.74) is 19.7. The highest BCUT2D eigenvalue weighted by Crippen LogP contribution is 2.49. The van der Waals surface area contributed by atoms with Crippen molar-refractivity contribution in [3.05, 3.63) is 357 Å². The largest absolute Gasteiger partial charge is 0.0622 e. The third-order valence-electron chi connectivity index (χ3n) is 19.5. The van der Waals surface area contributed by atoms with Gasteiger partial charge >= 0.3 is 0 Å². The molecule has 2 aliphatic rings. The van der Waals surface area contributed by atoms with Crippen molar-refractivity contribution >= 4 is 64.6 Å². The monoisotopic (exact) mass is 1110 g/mol. The smallest absolute Gasteiger partial charge is 0.000740 e. The van der Waals surface area contributed by atoms with Gasteiger partial charge in [0.15, 0.2) is 0 Å². The first-order valence-corrected chi connectivity index (χ1v) is 30.7. The molecule has 88 heavy (non-hydrogen) atoms. The van der Waals surface area contributed by atoms with Crippen LogP contribution in [-0.2, 0) is 0 Å². The van der Waals surface area contributed by atoms with Gasteiger partial charge in [-0.3, -0.25) is 0 Å². The molecule has 404 valence electrons. The molecule has 0 saturated carbocycles. The fourth-order valence-corrected chi connectivity index (χ4v) is 15.7. The predicted molar refractivity (Wildman–Crippen MR) is 370 cm³/mol. The Bertz CT molecular complexity index is 5420. The molecule has 2 aliphatic carbocycles. The minimum absolute atomic E-state index is 1.21. The van der Waals surface area contributed by atoms with Crippen LogP contribution in [0.25, 0.3) is 154 Å². The Hall–Kier alpha value is -11.4. The average Bonchev–Trinajstić information content (AvgIpc) is 1.51. The topological polar surface area (TPSA) is 0 Å². The Balaban J connectivity index is 0.928. The molecular formula is C88H52. The van der Waals surface area contributed by atoms with Crippen molar-refractivity contribution in [2.75, 3.05) is 0 Å². The Kier molecular flexibility index (Phi) is 10.6. The lowest BCUT2D eigenvalue weighted by Gasteiger charge is -2.16. The minimum Gasteiger partial charge on any atom is -0.0622 e. The van der Waals surface area contributed by atoms with Crippen molar-refractivity contribution in [2.45, 2.75) is 0 Å². The average molecular weight is 1110 g/mol. The summed E-state index contributed by atoms with van der Waals surface area (Å²) in [5, 5.41) is 25.9. The molecule has 19 rings (SSSR count). The van der Waals surface area contributed by atoms with Gasteiger partial charge in [0.25, 0.3) is 0 Å². The molecule has 0 spiro atoms. The van der Waals surface area contributed by atoms with E-state index in [0.29, 0.717) is 0 Å². The van der Waals surface area contributed by atoms with Gasteiger partial charge in [0, 0.05) is 0 Å². The van der Waals surface area contributed by atoms with E-state index >= 15 is 0 Å². The molecule has 0 fully saturated rings. The zero-order chi connectivity index (χ0) is 57.6. The van der Waals surface area contributed by atoms with E-state index in [9.17, 15) is 0 Å². The van der Waals surface area contributed by atoms with Crippen molar-refractivity contribution < 1.29 is 0 Å². The molecule has 0 saturated heterocycles. The standard InChI is InChI=1S/C88H52/c1-5-17-53(18-6-1)57-29-37-61(38-30-57)77-65-25-13-14-26-66(65)78(62-39-31-58(32-40-62)54-19-7-2-8-20-54)86-74-50-46-70-72-48-52-76-84-75(51-47-71(82(72)84)69-45-49-73(85(77)86)83(74)81(69)70)87-79(63-41-33-59(34-42-63)55-21-9-3-10-22-55)67-27-15-16-28-68(67)80(88(76)87)64-43-35-60(36-44-64)56-23-11-4-12-24-56/h1-52H. The van der Waals surface area contributed by atoms with Crippen LogP contribution in [0.2, 0.25) is 0 Å². The molecule has 0 atom stereocenters. The summed E-state index contributed by atoms with van der Waals surface area (Å²) < 4.78 is 0. The summed E-state index contributed by atoms with van der Waals surface area (Å²) in [5.74, 6) is 0. The van der Waals surface area contributed by atoms with Crippen LogP contribution in [0.3, 0.4) is 0 Å². The van der Waals surface area contributed by atoms with Crippen molar-refractivity contribution in [1.29, 1.82) is 0 Å². The lowest BCUT2D eigenvalue weighted by atomic mass is 9.87. The molecule has 0 heterocycles. The number of fused-ring (bicyclic) bond motifs is 6. The third-order valence-corrected chi connectivity index (χ3v) is 19.5. The second-order valence-electron chi connectivity index (χ2n) is 24.0. The lowest BCUT2D eigenvalue weighted by Crippen LogP contribution is -1.92. The summed E-state index contributed by atoms with van der Waals surface area (Å²) in [7, 11) is 0. The van der Waals surface area contributed by atoms with Gasteiger partial charge in [-0.2, -0.15) is 0 Å². The van der Waals surface area contributed by atoms with E-state index in [4.69, 9.17) is 0 Å². The fraction of sp³-hybridized carbons (Fsp3) is 0. The summed E-state index contributed by atoms with van der Waals surface area (Å²) in [6.45, 7) is 0. The van der Waals surface area contributed by atoms with Crippen LogP contribution >= 0.6 is 0 Å². The highest BCUT2D eigenvalue weighted by molar-refractivity contribution is 6.33. The SMILES string of the molecule is c1ccc(-c2ccc(-c3c4c(c(-c5ccc(-c6ccccc6)cc5)c5ccccc35)=c3ccc5c6ccc7c8c(ccc(c9ccc=4c3c95)c86)=c3c(-c4ccc(-c5ccccc5)cc4)c4ccccc4c(-c4ccc(-c5ccccc5)cc4)c3=7)cc2)cc1. The van der Waals surface area contributed by atoms with Gasteiger partial charge in [0.2, 0.25) is 0 Å². The van der Waals surface area contributed by atoms with Crippen LogP contribution in [0.5, 0.6) is 0 Å². The summed E-state index contributed by atoms with van der Waals surface area (Å²) in [6, 6.07) is 118. The second kappa shape index (κ2) is 19.0. The maximum Gasteiger partial charge on any atom is -0.000740 e. The van der Waals surface area contributed by atoms with E-state index in [1.165, 1.54) is 195 Å². The normalized spacial score (nSPS) is 12.1. The van der Waals surface area contributed by atoms with Crippen LogP contribution in [0.1, 0.15) is 0 Å². The zero-order valence-electron chi connectivity index (χ0n) is 48.0. The minimum atomic E-state index is 1.21. The van der Waals surface area contributed by atoms with Gasteiger partial charge in [-0.15, -0.1) is 0 Å². The van der Waals surface area contributed by atoms with Crippen molar-refractivity contribution in [1.82, 2.24) is 0 Å². The Morgan fingerprint density at radius 1 is 0.114 bits per heavy atom. The number of benzene rings is 17. The van der Waals surface area contributed by atoms with E-state index < -0.39 is 0 Å². The first-order valence-electron chi connectivity index (χ1n) is 30.7. The highest BCUT2D eigenvalue weighted by Gasteiger charge is 2.26. The van der Waals surface area contributed by atoms with Gasteiger partial charge in [0.05, 0.1) is 0 Å². The summed E-state index contributed by atoms with van der Waals surface area (Å²) in [4.78, 5) is 0. The number of rotatable bonds is 8. The van der Waals surface area contributed by atoms with Gasteiger partial charge in [-0.25, -0.2) is 0 Å². The maximum absolute atomic E-state index is 2.47. The molecule has 0 heteroatoms. The summed E-state index contributed by atoms with van der Waals surface area (Å²) in [6.07, 6.45) is 0. The van der Waals surface area contributed by atoms with E-state index in [-0.39, 0.29) is 0 Å².